The van der Waals surface area contributed by atoms with Crippen LogP contribution in [0, 0.1) is 6.92 Å². The Morgan fingerprint density at radius 3 is 2.68 bits per heavy atom. The second-order valence-electron chi connectivity index (χ2n) is 4.15. The summed E-state index contributed by atoms with van der Waals surface area (Å²) >= 11 is 0. The van der Waals surface area contributed by atoms with E-state index >= 15 is 0 Å². The Kier molecular flexibility index (Phi) is 5.31. The van der Waals surface area contributed by atoms with Crippen molar-refractivity contribution < 1.29 is 13.2 Å². The molecule has 1 aromatic carbocycles. The fraction of sp³-hybridized carbons (Fsp3) is 0.417. The van der Waals surface area contributed by atoms with Gasteiger partial charge in [-0.3, -0.25) is 4.79 Å². The van der Waals surface area contributed by atoms with Gasteiger partial charge >= 0.3 is 0 Å². The largest absolute Gasteiger partial charge is 0.399 e. The van der Waals surface area contributed by atoms with E-state index in [9.17, 15) is 13.2 Å². The summed E-state index contributed by atoms with van der Waals surface area (Å²) in [5.74, 6) is -0.468. The van der Waals surface area contributed by atoms with E-state index < -0.39 is 10.0 Å². The molecule has 0 aliphatic carbocycles. The highest BCUT2D eigenvalue weighted by Gasteiger charge is 2.12. The molecule has 0 atom stereocenters. The highest BCUT2D eigenvalue weighted by atomic mass is 32.2. The minimum atomic E-state index is -3.32. The topological polar surface area (TPSA) is 101 Å². The van der Waals surface area contributed by atoms with Crippen LogP contribution in [0.15, 0.2) is 18.2 Å². The quantitative estimate of drug-likeness (QED) is 0.652. The molecule has 0 aliphatic heterocycles. The fourth-order valence-corrected chi connectivity index (χ4v) is 2.53. The van der Waals surface area contributed by atoms with Gasteiger partial charge in [-0.1, -0.05) is 13.0 Å². The van der Waals surface area contributed by atoms with Crippen molar-refractivity contribution in [3.8, 4) is 0 Å². The van der Waals surface area contributed by atoms with E-state index in [2.05, 4.69) is 10.0 Å². The molecule has 0 heterocycles. The summed E-state index contributed by atoms with van der Waals surface area (Å²) in [5.41, 5.74) is 7.37. The van der Waals surface area contributed by atoms with Crippen molar-refractivity contribution in [1.29, 1.82) is 0 Å². The van der Waals surface area contributed by atoms with Crippen molar-refractivity contribution in [2.75, 3.05) is 24.6 Å². The number of carbonyl (C=O) groups excluding carboxylic acids is 1. The number of amides is 1. The maximum Gasteiger partial charge on any atom is 0.251 e. The summed E-state index contributed by atoms with van der Waals surface area (Å²) in [6, 6.07) is 5.03. The van der Waals surface area contributed by atoms with E-state index in [0.29, 0.717) is 17.8 Å². The first-order valence-corrected chi connectivity index (χ1v) is 7.62. The summed E-state index contributed by atoms with van der Waals surface area (Å²) in [6.07, 6.45) is 0. The second kappa shape index (κ2) is 6.53. The van der Waals surface area contributed by atoms with Crippen molar-refractivity contribution in [3.05, 3.63) is 29.3 Å². The van der Waals surface area contributed by atoms with Crippen LogP contribution in [0.5, 0.6) is 0 Å². The number of nitrogens with one attached hydrogen (secondary N) is 2. The van der Waals surface area contributed by atoms with Gasteiger partial charge in [-0.2, -0.15) is 0 Å². The van der Waals surface area contributed by atoms with E-state index in [1.54, 1.807) is 32.0 Å². The lowest BCUT2D eigenvalue weighted by Crippen LogP contribution is -2.34. The highest BCUT2D eigenvalue weighted by Crippen LogP contribution is 2.12. The van der Waals surface area contributed by atoms with Gasteiger partial charge in [0.1, 0.15) is 0 Å². The Morgan fingerprint density at radius 1 is 1.37 bits per heavy atom. The van der Waals surface area contributed by atoms with Crippen LogP contribution in [-0.4, -0.2) is 33.2 Å². The number of benzene rings is 1. The van der Waals surface area contributed by atoms with Crippen molar-refractivity contribution >= 4 is 21.6 Å². The number of carbonyl (C=O) groups is 1. The minimum Gasteiger partial charge on any atom is -0.399 e. The molecule has 1 rings (SSSR count). The lowest BCUT2D eigenvalue weighted by Gasteiger charge is -2.09. The van der Waals surface area contributed by atoms with Crippen LogP contribution in [-0.2, 0) is 10.0 Å². The summed E-state index contributed by atoms with van der Waals surface area (Å²) in [4.78, 5) is 11.9. The first kappa shape index (κ1) is 15.5. The van der Waals surface area contributed by atoms with Gasteiger partial charge in [-0.05, 0) is 24.6 Å². The van der Waals surface area contributed by atoms with Crippen LogP contribution in [0.4, 0.5) is 5.69 Å². The average Bonchev–Trinajstić information content (AvgIpc) is 2.31. The van der Waals surface area contributed by atoms with Crippen LogP contribution in [0.25, 0.3) is 0 Å². The zero-order chi connectivity index (χ0) is 14.5. The standard InChI is InChI=1S/C12H19N3O3S/c1-3-15-19(17,18)7-6-14-12(16)11-8-10(13)5-4-9(11)2/h4-5,8,15H,3,6-7,13H2,1-2H3,(H,14,16). The zero-order valence-electron chi connectivity index (χ0n) is 11.1. The Hall–Kier alpha value is -1.60. The van der Waals surface area contributed by atoms with E-state index in [0.717, 1.165) is 5.56 Å². The number of aryl methyl sites for hydroxylation is 1. The lowest BCUT2D eigenvalue weighted by atomic mass is 10.1. The molecule has 0 aromatic heterocycles. The number of nitrogen functional groups attached to an aromatic ring is 1. The van der Waals surface area contributed by atoms with Crippen LogP contribution in [0.1, 0.15) is 22.8 Å². The number of hydrogen-bond donors (Lipinski definition) is 3. The smallest absolute Gasteiger partial charge is 0.251 e. The van der Waals surface area contributed by atoms with Gasteiger partial charge in [0.2, 0.25) is 10.0 Å². The van der Waals surface area contributed by atoms with Gasteiger partial charge in [0.25, 0.3) is 5.91 Å². The van der Waals surface area contributed by atoms with Crippen LogP contribution < -0.4 is 15.8 Å². The van der Waals surface area contributed by atoms with Crippen LogP contribution in [0.2, 0.25) is 0 Å². The molecule has 0 saturated heterocycles. The molecule has 7 heteroatoms. The van der Waals surface area contributed by atoms with Gasteiger partial charge in [0.05, 0.1) is 5.75 Å². The minimum absolute atomic E-state index is 0.0579. The van der Waals surface area contributed by atoms with Crippen molar-refractivity contribution in [2.45, 2.75) is 13.8 Å². The maximum atomic E-state index is 11.9. The van der Waals surface area contributed by atoms with Crippen LogP contribution in [0.3, 0.4) is 0 Å². The first-order valence-electron chi connectivity index (χ1n) is 5.97. The Balaban J connectivity index is 2.59. The summed E-state index contributed by atoms with van der Waals surface area (Å²) in [6.45, 7) is 3.89. The molecule has 0 bridgehead atoms. The molecule has 6 nitrogen and oxygen atoms in total. The predicted octanol–water partition coefficient (Wildman–Crippen LogP) is 0.246. The SMILES string of the molecule is CCNS(=O)(=O)CCNC(=O)c1cc(N)ccc1C. The Labute approximate surface area is 113 Å². The molecule has 0 unspecified atom stereocenters. The third-order valence-corrected chi connectivity index (χ3v) is 4.00. The Bertz CT molecular complexity index is 555. The van der Waals surface area contributed by atoms with Gasteiger partial charge in [-0.15, -0.1) is 0 Å². The number of nitrogens with two attached hydrogens (primary N) is 1. The second-order valence-corrected chi connectivity index (χ2v) is 6.07. The number of hydrogen-bond acceptors (Lipinski definition) is 4. The fourth-order valence-electron chi connectivity index (χ4n) is 1.57. The van der Waals surface area contributed by atoms with Gasteiger partial charge < -0.3 is 11.1 Å². The average molecular weight is 285 g/mol. The molecule has 0 fully saturated rings. The van der Waals surface area contributed by atoms with Crippen molar-refractivity contribution in [3.63, 3.8) is 0 Å². The highest BCUT2D eigenvalue weighted by molar-refractivity contribution is 7.89. The number of rotatable bonds is 6. The maximum absolute atomic E-state index is 11.9. The normalized spacial score (nSPS) is 11.3. The van der Waals surface area contributed by atoms with Crippen molar-refractivity contribution in [1.82, 2.24) is 10.0 Å². The lowest BCUT2D eigenvalue weighted by molar-refractivity contribution is 0.0955. The summed E-state index contributed by atoms with van der Waals surface area (Å²) < 4.78 is 25.1. The van der Waals surface area contributed by atoms with Gasteiger partial charge in [0.15, 0.2) is 0 Å². The zero-order valence-corrected chi connectivity index (χ0v) is 11.9. The predicted molar refractivity (Wildman–Crippen MR) is 75.4 cm³/mol. The molecular weight excluding hydrogens is 266 g/mol. The Morgan fingerprint density at radius 2 is 2.05 bits per heavy atom. The molecule has 0 aliphatic rings. The molecular formula is C12H19N3O3S. The first-order chi connectivity index (χ1) is 8.85. The van der Waals surface area contributed by atoms with Crippen LogP contribution >= 0.6 is 0 Å². The monoisotopic (exact) mass is 285 g/mol. The molecule has 19 heavy (non-hydrogen) atoms. The third kappa shape index (κ3) is 4.88. The number of sulfonamides is 1. The van der Waals surface area contributed by atoms with E-state index in [4.69, 9.17) is 5.73 Å². The number of anilines is 1. The molecule has 0 radical (unpaired) electrons. The molecule has 0 spiro atoms. The van der Waals surface area contributed by atoms with E-state index in [-0.39, 0.29) is 18.2 Å². The van der Waals surface area contributed by atoms with E-state index in [1.165, 1.54) is 0 Å². The van der Waals surface area contributed by atoms with Gasteiger partial charge in [0, 0.05) is 24.3 Å². The summed E-state index contributed by atoms with van der Waals surface area (Å²) in [7, 11) is -3.32. The van der Waals surface area contributed by atoms with Crippen molar-refractivity contribution in [2.24, 2.45) is 0 Å². The molecule has 106 valence electrons. The summed E-state index contributed by atoms with van der Waals surface area (Å²) in [5, 5.41) is 2.57. The molecule has 0 saturated carbocycles. The molecule has 1 aromatic rings. The third-order valence-electron chi connectivity index (χ3n) is 2.53. The van der Waals surface area contributed by atoms with E-state index in [1.807, 2.05) is 0 Å². The molecule has 4 N–H and O–H groups in total. The van der Waals surface area contributed by atoms with Gasteiger partial charge in [-0.25, -0.2) is 13.1 Å². The molecule has 1 amide bonds.